The van der Waals surface area contributed by atoms with Gasteiger partial charge >= 0.3 is 0 Å². The largest absolute Gasteiger partial charge is 0.336 e. The third kappa shape index (κ3) is 4.32. The van der Waals surface area contributed by atoms with Crippen molar-refractivity contribution in [3.05, 3.63) is 77.6 Å². The monoisotopic (exact) mass is 338 g/mol. The highest BCUT2D eigenvalue weighted by molar-refractivity contribution is 5.95. The van der Waals surface area contributed by atoms with Crippen LogP contribution in [-0.4, -0.2) is 47.8 Å². The van der Waals surface area contributed by atoms with E-state index in [0.29, 0.717) is 31.7 Å². The first-order valence-corrected chi connectivity index (χ1v) is 8.20. The molecule has 0 N–H and O–H groups in total. The quantitative estimate of drug-likeness (QED) is 0.808. The van der Waals surface area contributed by atoms with Gasteiger partial charge in [0.15, 0.2) is 0 Å². The molecule has 1 saturated heterocycles. The zero-order valence-corrected chi connectivity index (χ0v) is 13.8. The van der Waals surface area contributed by atoms with Gasteiger partial charge in [-0.15, -0.1) is 0 Å². The van der Waals surface area contributed by atoms with Gasteiger partial charge in [0.05, 0.1) is 0 Å². The summed E-state index contributed by atoms with van der Waals surface area (Å²) in [4.78, 5) is 28.1. The average molecular weight is 338 g/mol. The molecule has 128 valence electrons. The summed E-state index contributed by atoms with van der Waals surface area (Å²) >= 11 is 0. The van der Waals surface area contributed by atoms with Crippen molar-refractivity contribution >= 4 is 17.9 Å². The zero-order valence-electron chi connectivity index (χ0n) is 13.8. The lowest BCUT2D eigenvalue weighted by Gasteiger charge is -2.34. The summed E-state index contributed by atoms with van der Waals surface area (Å²) in [6, 6.07) is 15.2. The van der Waals surface area contributed by atoms with Crippen LogP contribution in [0.2, 0.25) is 0 Å². The fourth-order valence-electron chi connectivity index (χ4n) is 2.74. The van der Waals surface area contributed by atoms with E-state index < -0.39 is 0 Å². The topological polar surface area (TPSA) is 40.6 Å². The van der Waals surface area contributed by atoms with Gasteiger partial charge in [0.2, 0.25) is 5.91 Å². The Bertz CT molecular complexity index is 764. The molecule has 2 aromatic carbocycles. The highest BCUT2D eigenvalue weighted by Gasteiger charge is 2.23. The number of amides is 2. The number of hydrogen-bond acceptors (Lipinski definition) is 2. The third-order valence-electron chi connectivity index (χ3n) is 4.19. The minimum absolute atomic E-state index is 0.0577. The van der Waals surface area contributed by atoms with Crippen molar-refractivity contribution in [2.24, 2.45) is 0 Å². The lowest BCUT2D eigenvalue weighted by molar-refractivity contribution is -0.127. The van der Waals surface area contributed by atoms with E-state index in [4.69, 9.17) is 0 Å². The normalized spacial score (nSPS) is 14.8. The van der Waals surface area contributed by atoms with Crippen molar-refractivity contribution in [3.8, 4) is 0 Å². The second-order valence-electron chi connectivity index (χ2n) is 5.87. The smallest absolute Gasteiger partial charge is 0.253 e. The summed E-state index contributed by atoms with van der Waals surface area (Å²) in [5, 5.41) is 0. The van der Waals surface area contributed by atoms with Gasteiger partial charge in [-0.25, -0.2) is 4.39 Å². The van der Waals surface area contributed by atoms with Crippen molar-refractivity contribution in [2.75, 3.05) is 26.2 Å². The maximum absolute atomic E-state index is 13.0. The van der Waals surface area contributed by atoms with Crippen LogP contribution < -0.4 is 0 Å². The van der Waals surface area contributed by atoms with Gasteiger partial charge in [0.1, 0.15) is 5.82 Å². The molecule has 4 nitrogen and oxygen atoms in total. The Labute approximate surface area is 146 Å². The summed E-state index contributed by atoms with van der Waals surface area (Å²) in [5.41, 5.74) is 1.44. The van der Waals surface area contributed by atoms with Crippen LogP contribution in [0, 0.1) is 5.82 Å². The molecule has 1 aliphatic heterocycles. The summed E-state index contributed by atoms with van der Waals surface area (Å²) in [6.07, 6.45) is 3.35. The van der Waals surface area contributed by atoms with Crippen molar-refractivity contribution in [3.63, 3.8) is 0 Å². The predicted octanol–water partition coefficient (Wildman–Crippen LogP) is 2.82. The van der Waals surface area contributed by atoms with Crippen LogP contribution in [0.4, 0.5) is 4.39 Å². The Kier molecular flexibility index (Phi) is 5.23. The van der Waals surface area contributed by atoms with E-state index >= 15 is 0 Å². The Balaban J connectivity index is 1.54. The summed E-state index contributed by atoms with van der Waals surface area (Å²) in [7, 11) is 0. The molecule has 0 atom stereocenters. The highest BCUT2D eigenvalue weighted by Crippen LogP contribution is 2.11. The molecule has 0 radical (unpaired) electrons. The fourth-order valence-corrected chi connectivity index (χ4v) is 2.74. The van der Waals surface area contributed by atoms with Gasteiger partial charge in [0.25, 0.3) is 5.91 Å². The molecule has 1 fully saturated rings. The molecule has 0 bridgehead atoms. The molecule has 0 aliphatic carbocycles. The average Bonchev–Trinajstić information content (AvgIpc) is 2.67. The second-order valence-corrected chi connectivity index (χ2v) is 5.87. The van der Waals surface area contributed by atoms with Crippen molar-refractivity contribution in [1.29, 1.82) is 0 Å². The lowest BCUT2D eigenvalue weighted by Crippen LogP contribution is -2.50. The maximum atomic E-state index is 13.0. The summed E-state index contributed by atoms with van der Waals surface area (Å²) in [6.45, 7) is 1.93. The molecule has 2 aromatic rings. The Hall–Kier alpha value is -2.95. The second kappa shape index (κ2) is 7.75. The molecule has 2 amide bonds. The highest BCUT2D eigenvalue weighted by atomic mass is 19.1. The summed E-state index contributed by atoms with van der Waals surface area (Å²) < 4.78 is 13.0. The third-order valence-corrected chi connectivity index (χ3v) is 4.19. The molecule has 0 saturated carbocycles. The number of hydrogen-bond donors (Lipinski definition) is 0. The molecule has 0 aromatic heterocycles. The molecule has 3 rings (SSSR count). The van der Waals surface area contributed by atoms with E-state index in [-0.39, 0.29) is 17.6 Å². The van der Waals surface area contributed by atoms with Gasteiger partial charge in [-0.2, -0.15) is 0 Å². The van der Waals surface area contributed by atoms with Gasteiger partial charge < -0.3 is 9.80 Å². The standard InChI is InChI=1S/C20H19FN2O2/c21-18-9-7-17(8-10-18)20(25)23-14-12-22(13-15-23)19(24)11-6-16-4-2-1-3-5-16/h1-11H,12-15H2/b11-6+. The minimum atomic E-state index is -0.364. The number of halogens is 1. The van der Waals surface area contributed by atoms with Crippen LogP contribution >= 0.6 is 0 Å². The van der Waals surface area contributed by atoms with Crippen LogP contribution in [0.25, 0.3) is 6.08 Å². The number of piperazine rings is 1. The molecule has 1 heterocycles. The molecule has 1 aliphatic rings. The van der Waals surface area contributed by atoms with E-state index in [2.05, 4.69) is 0 Å². The van der Waals surface area contributed by atoms with Crippen molar-refractivity contribution in [2.45, 2.75) is 0 Å². The summed E-state index contributed by atoms with van der Waals surface area (Å²) in [5.74, 6) is -0.554. The zero-order chi connectivity index (χ0) is 17.6. The number of carbonyl (C=O) groups is 2. The van der Waals surface area contributed by atoms with E-state index in [1.807, 2.05) is 30.3 Å². The van der Waals surface area contributed by atoms with Crippen LogP contribution in [-0.2, 0) is 4.79 Å². The van der Waals surface area contributed by atoms with Crippen LogP contribution in [0.3, 0.4) is 0 Å². The lowest BCUT2D eigenvalue weighted by atomic mass is 10.1. The van der Waals surface area contributed by atoms with Crippen LogP contribution in [0.15, 0.2) is 60.7 Å². The predicted molar refractivity (Wildman–Crippen MR) is 94.4 cm³/mol. The molecule has 25 heavy (non-hydrogen) atoms. The van der Waals surface area contributed by atoms with Crippen LogP contribution in [0.5, 0.6) is 0 Å². The number of nitrogens with zero attached hydrogens (tertiary/aromatic N) is 2. The Morgan fingerprint density at radius 2 is 1.44 bits per heavy atom. The number of benzene rings is 2. The maximum Gasteiger partial charge on any atom is 0.253 e. The Morgan fingerprint density at radius 1 is 0.840 bits per heavy atom. The minimum Gasteiger partial charge on any atom is -0.336 e. The first-order valence-electron chi connectivity index (χ1n) is 8.20. The van der Waals surface area contributed by atoms with Gasteiger partial charge in [0, 0.05) is 37.8 Å². The molecule has 5 heteroatoms. The van der Waals surface area contributed by atoms with Gasteiger partial charge in [-0.05, 0) is 35.9 Å². The van der Waals surface area contributed by atoms with Gasteiger partial charge in [-0.3, -0.25) is 9.59 Å². The van der Waals surface area contributed by atoms with Crippen molar-refractivity contribution < 1.29 is 14.0 Å². The SMILES string of the molecule is O=C(/C=C/c1ccccc1)N1CCN(C(=O)c2ccc(F)cc2)CC1. The molecule has 0 unspecified atom stereocenters. The van der Waals surface area contributed by atoms with E-state index in [9.17, 15) is 14.0 Å². The number of rotatable bonds is 3. The fraction of sp³-hybridized carbons (Fsp3) is 0.200. The molecule has 0 spiro atoms. The first-order chi connectivity index (χ1) is 12.1. The Morgan fingerprint density at radius 3 is 2.08 bits per heavy atom. The van der Waals surface area contributed by atoms with Gasteiger partial charge in [-0.1, -0.05) is 30.3 Å². The molecular weight excluding hydrogens is 319 g/mol. The van der Waals surface area contributed by atoms with E-state index in [1.54, 1.807) is 22.0 Å². The van der Waals surface area contributed by atoms with E-state index in [1.165, 1.54) is 24.3 Å². The number of carbonyl (C=O) groups excluding carboxylic acids is 2. The van der Waals surface area contributed by atoms with Crippen molar-refractivity contribution in [1.82, 2.24) is 9.80 Å². The van der Waals surface area contributed by atoms with Crippen LogP contribution in [0.1, 0.15) is 15.9 Å². The first kappa shape index (κ1) is 16.9. The van der Waals surface area contributed by atoms with E-state index in [0.717, 1.165) is 5.56 Å². The molecular formula is C20H19FN2O2.